The number of rotatable bonds is 4. The van der Waals surface area contributed by atoms with E-state index in [-0.39, 0.29) is 6.54 Å². The number of anilines is 1. The monoisotopic (exact) mass is 182 g/mol. The zero-order chi connectivity index (χ0) is 9.68. The van der Waals surface area contributed by atoms with Gasteiger partial charge in [-0.05, 0) is 12.1 Å². The molecule has 0 amide bonds. The van der Waals surface area contributed by atoms with Gasteiger partial charge in [0.05, 0.1) is 6.54 Å². The summed E-state index contributed by atoms with van der Waals surface area (Å²) in [5.41, 5.74) is 0. The lowest BCUT2D eigenvalue weighted by Gasteiger charge is -2.07. The van der Waals surface area contributed by atoms with Gasteiger partial charge in [-0.1, -0.05) is 6.07 Å². The Morgan fingerprint density at radius 1 is 1.62 bits per heavy atom. The third kappa shape index (κ3) is 3.08. The lowest BCUT2D eigenvalue weighted by Crippen LogP contribution is -2.28. The zero-order valence-corrected chi connectivity index (χ0v) is 6.84. The Kier molecular flexibility index (Phi) is 3.22. The van der Waals surface area contributed by atoms with Crippen LogP contribution in [0.25, 0.3) is 0 Å². The average Bonchev–Trinajstić information content (AvgIpc) is 2.15. The summed E-state index contributed by atoms with van der Waals surface area (Å²) in [6.45, 7) is -0.0493. The summed E-state index contributed by atoms with van der Waals surface area (Å²) in [5.74, 6) is -0.703. The molecule has 1 atom stereocenters. The first kappa shape index (κ1) is 9.47. The van der Waals surface area contributed by atoms with Crippen LogP contribution in [-0.2, 0) is 4.79 Å². The summed E-state index contributed by atoms with van der Waals surface area (Å²) in [4.78, 5) is 14.1. The summed E-state index contributed by atoms with van der Waals surface area (Å²) >= 11 is 0. The summed E-state index contributed by atoms with van der Waals surface area (Å²) in [6, 6.07) is 5.20. The van der Waals surface area contributed by atoms with Crippen molar-refractivity contribution in [2.24, 2.45) is 0 Å². The van der Waals surface area contributed by atoms with Crippen LogP contribution in [0, 0.1) is 0 Å². The number of carboxylic acid groups (broad SMARTS) is 1. The first-order chi connectivity index (χ1) is 6.20. The molecule has 1 heterocycles. The zero-order valence-electron chi connectivity index (χ0n) is 6.84. The quantitative estimate of drug-likeness (QED) is 0.607. The maximum absolute atomic E-state index is 10.2. The van der Waals surface area contributed by atoms with Crippen LogP contribution in [0.3, 0.4) is 0 Å². The Morgan fingerprint density at radius 3 is 2.92 bits per heavy atom. The van der Waals surface area contributed by atoms with E-state index in [0.717, 1.165) is 0 Å². The first-order valence-electron chi connectivity index (χ1n) is 3.76. The van der Waals surface area contributed by atoms with Crippen molar-refractivity contribution in [3.63, 3.8) is 0 Å². The van der Waals surface area contributed by atoms with Crippen molar-refractivity contribution in [2.75, 3.05) is 11.9 Å². The predicted molar refractivity (Wildman–Crippen MR) is 46.4 cm³/mol. The number of hydrogen-bond donors (Lipinski definition) is 3. The fourth-order valence-corrected chi connectivity index (χ4v) is 0.756. The minimum absolute atomic E-state index is 0.0493. The topological polar surface area (TPSA) is 82.5 Å². The summed E-state index contributed by atoms with van der Waals surface area (Å²) in [7, 11) is 0. The number of hydrogen-bond acceptors (Lipinski definition) is 4. The van der Waals surface area contributed by atoms with E-state index >= 15 is 0 Å². The Bertz CT molecular complexity index is 276. The van der Waals surface area contributed by atoms with Gasteiger partial charge in [0.2, 0.25) is 0 Å². The third-order valence-electron chi connectivity index (χ3n) is 1.43. The van der Waals surface area contributed by atoms with Crippen molar-refractivity contribution in [1.29, 1.82) is 0 Å². The van der Waals surface area contributed by atoms with Crippen molar-refractivity contribution in [1.82, 2.24) is 4.98 Å². The number of carbonyl (C=O) groups is 1. The van der Waals surface area contributed by atoms with Crippen molar-refractivity contribution >= 4 is 11.8 Å². The Hall–Kier alpha value is -1.62. The molecule has 0 aliphatic carbocycles. The highest BCUT2D eigenvalue weighted by Crippen LogP contribution is 1.99. The Morgan fingerprint density at radius 2 is 2.38 bits per heavy atom. The SMILES string of the molecule is O=C(O)C(O)CNc1ccccn1. The molecule has 1 aromatic heterocycles. The molecule has 1 rings (SSSR count). The molecule has 0 aromatic carbocycles. The number of nitrogens with zero attached hydrogens (tertiary/aromatic N) is 1. The molecule has 0 saturated heterocycles. The van der Waals surface area contributed by atoms with E-state index in [1.54, 1.807) is 24.4 Å². The van der Waals surface area contributed by atoms with Crippen LogP contribution in [0.5, 0.6) is 0 Å². The molecule has 0 aliphatic heterocycles. The molecule has 70 valence electrons. The second-order valence-electron chi connectivity index (χ2n) is 2.45. The van der Waals surface area contributed by atoms with E-state index in [1.807, 2.05) is 0 Å². The predicted octanol–water partition coefficient (Wildman–Crippen LogP) is -0.0610. The number of aliphatic carboxylic acids is 1. The molecule has 0 radical (unpaired) electrons. The van der Waals surface area contributed by atoms with Crippen LogP contribution in [0.2, 0.25) is 0 Å². The molecular weight excluding hydrogens is 172 g/mol. The summed E-state index contributed by atoms with van der Waals surface area (Å²) < 4.78 is 0. The van der Waals surface area contributed by atoms with E-state index in [4.69, 9.17) is 10.2 Å². The lowest BCUT2D eigenvalue weighted by atomic mass is 10.3. The van der Waals surface area contributed by atoms with E-state index in [9.17, 15) is 4.79 Å². The maximum Gasteiger partial charge on any atom is 0.334 e. The molecule has 1 unspecified atom stereocenters. The van der Waals surface area contributed by atoms with Crippen molar-refractivity contribution in [3.8, 4) is 0 Å². The minimum atomic E-state index is -1.40. The second-order valence-corrected chi connectivity index (χ2v) is 2.45. The van der Waals surface area contributed by atoms with Crippen LogP contribution in [0.4, 0.5) is 5.82 Å². The lowest BCUT2D eigenvalue weighted by molar-refractivity contribution is -0.145. The van der Waals surface area contributed by atoms with Gasteiger partial charge in [0, 0.05) is 6.20 Å². The van der Waals surface area contributed by atoms with Crippen molar-refractivity contribution in [2.45, 2.75) is 6.10 Å². The molecule has 5 heteroatoms. The van der Waals surface area contributed by atoms with Gasteiger partial charge in [-0.15, -0.1) is 0 Å². The van der Waals surface area contributed by atoms with Crippen LogP contribution >= 0.6 is 0 Å². The van der Waals surface area contributed by atoms with Gasteiger partial charge < -0.3 is 15.5 Å². The van der Waals surface area contributed by atoms with E-state index < -0.39 is 12.1 Å². The van der Waals surface area contributed by atoms with Crippen LogP contribution in [0.15, 0.2) is 24.4 Å². The largest absolute Gasteiger partial charge is 0.479 e. The number of carboxylic acids is 1. The number of aliphatic hydroxyl groups is 1. The average molecular weight is 182 g/mol. The number of aromatic nitrogens is 1. The molecule has 13 heavy (non-hydrogen) atoms. The van der Waals surface area contributed by atoms with Crippen LogP contribution in [-0.4, -0.2) is 33.8 Å². The van der Waals surface area contributed by atoms with Gasteiger partial charge in [0.25, 0.3) is 0 Å². The smallest absolute Gasteiger partial charge is 0.334 e. The minimum Gasteiger partial charge on any atom is -0.479 e. The number of aliphatic hydroxyl groups excluding tert-OH is 1. The molecule has 0 aliphatic rings. The van der Waals surface area contributed by atoms with Crippen LogP contribution < -0.4 is 5.32 Å². The van der Waals surface area contributed by atoms with E-state index in [2.05, 4.69) is 10.3 Å². The Balaban J connectivity index is 2.39. The Labute approximate surface area is 75.0 Å². The fraction of sp³-hybridized carbons (Fsp3) is 0.250. The molecular formula is C8H10N2O3. The molecule has 0 saturated carbocycles. The maximum atomic E-state index is 10.2. The molecule has 5 nitrogen and oxygen atoms in total. The van der Waals surface area contributed by atoms with E-state index in [0.29, 0.717) is 5.82 Å². The van der Waals surface area contributed by atoms with Gasteiger partial charge in [0.15, 0.2) is 6.10 Å². The van der Waals surface area contributed by atoms with Crippen molar-refractivity contribution < 1.29 is 15.0 Å². The molecule has 0 spiro atoms. The standard InChI is InChI=1S/C8H10N2O3/c11-6(8(12)13)5-10-7-3-1-2-4-9-7/h1-4,6,11H,5H2,(H,9,10)(H,12,13). The van der Waals surface area contributed by atoms with Gasteiger partial charge in [-0.3, -0.25) is 0 Å². The molecule has 3 N–H and O–H groups in total. The highest BCUT2D eigenvalue weighted by atomic mass is 16.4. The van der Waals surface area contributed by atoms with Crippen LogP contribution in [0.1, 0.15) is 0 Å². The van der Waals surface area contributed by atoms with Gasteiger partial charge in [-0.25, -0.2) is 9.78 Å². The summed E-state index contributed by atoms with van der Waals surface area (Å²) in [6.07, 6.45) is 0.178. The molecule has 0 bridgehead atoms. The molecule has 1 aromatic rings. The molecule has 0 fully saturated rings. The summed E-state index contributed by atoms with van der Waals surface area (Å²) in [5, 5.41) is 19.9. The van der Waals surface area contributed by atoms with Crippen molar-refractivity contribution in [3.05, 3.63) is 24.4 Å². The van der Waals surface area contributed by atoms with Gasteiger partial charge in [-0.2, -0.15) is 0 Å². The first-order valence-corrected chi connectivity index (χ1v) is 3.76. The second kappa shape index (κ2) is 4.42. The fourth-order valence-electron chi connectivity index (χ4n) is 0.756. The van der Waals surface area contributed by atoms with E-state index in [1.165, 1.54) is 0 Å². The highest BCUT2D eigenvalue weighted by molar-refractivity contribution is 5.72. The van der Waals surface area contributed by atoms with Gasteiger partial charge >= 0.3 is 5.97 Å². The van der Waals surface area contributed by atoms with Gasteiger partial charge in [0.1, 0.15) is 5.82 Å². The third-order valence-corrected chi connectivity index (χ3v) is 1.43. The highest BCUT2D eigenvalue weighted by Gasteiger charge is 2.11. The number of pyridine rings is 1. The number of nitrogens with one attached hydrogen (secondary N) is 1. The normalized spacial score (nSPS) is 12.1.